The van der Waals surface area contributed by atoms with Crippen LogP contribution in [0, 0.1) is 6.92 Å². The largest absolute Gasteiger partial charge is 0.325 e. The highest BCUT2D eigenvalue weighted by Crippen LogP contribution is 2.20. The molecule has 22 heavy (non-hydrogen) atoms. The maximum Gasteiger partial charge on any atom is 0.240 e. The van der Waals surface area contributed by atoms with Crippen LogP contribution in [0.2, 0.25) is 5.02 Å². The fourth-order valence-electron chi connectivity index (χ4n) is 1.75. The summed E-state index contributed by atoms with van der Waals surface area (Å²) in [6.45, 7) is 5.61. The molecule has 0 saturated carbocycles. The number of halogens is 1. The molecule has 0 atom stereocenters. The average Bonchev–Trinajstić information content (AvgIpc) is 2.46. The summed E-state index contributed by atoms with van der Waals surface area (Å²) in [7, 11) is 0. The second-order valence-electron chi connectivity index (χ2n) is 5.17. The van der Waals surface area contributed by atoms with Crippen LogP contribution in [0.5, 0.6) is 0 Å². The highest BCUT2D eigenvalue weighted by atomic mass is 35.5. The zero-order valence-electron chi connectivity index (χ0n) is 13.2. The van der Waals surface area contributed by atoms with Crippen LogP contribution in [-0.2, 0) is 9.59 Å². The third-order valence-corrected chi connectivity index (χ3v) is 3.25. The van der Waals surface area contributed by atoms with Crippen molar-refractivity contribution in [1.29, 1.82) is 0 Å². The molecule has 1 rings (SSSR count). The molecular weight excluding hydrogens is 302 g/mol. The fourth-order valence-corrected chi connectivity index (χ4v) is 1.92. The molecule has 0 radical (unpaired) electrons. The zero-order chi connectivity index (χ0) is 16.5. The van der Waals surface area contributed by atoms with Crippen LogP contribution < -0.4 is 10.7 Å². The Bertz CT molecular complexity index is 571. The molecular formula is C16H22ClN3O2. The van der Waals surface area contributed by atoms with Crippen LogP contribution in [0.1, 0.15) is 45.1 Å². The van der Waals surface area contributed by atoms with E-state index in [9.17, 15) is 9.59 Å². The molecule has 1 aromatic rings. The number of nitrogens with one attached hydrogen (secondary N) is 2. The Balaban J connectivity index is 2.50. The Morgan fingerprint density at radius 1 is 1.27 bits per heavy atom. The van der Waals surface area contributed by atoms with E-state index in [0.29, 0.717) is 22.8 Å². The van der Waals surface area contributed by atoms with Crippen molar-refractivity contribution in [3.8, 4) is 0 Å². The van der Waals surface area contributed by atoms with Gasteiger partial charge in [0.15, 0.2) is 0 Å². The number of hydrazone groups is 1. The van der Waals surface area contributed by atoms with Gasteiger partial charge in [0.1, 0.15) is 0 Å². The lowest BCUT2D eigenvalue weighted by Gasteiger charge is -2.08. The molecule has 0 bridgehead atoms. The summed E-state index contributed by atoms with van der Waals surface area (Å²) >= 11 is 5.91. The number of unbranched alkanes of at least 4 members (excludes halogenated alkanes) is 1. The highest BCUT2D eigenvalue weighted by molar-refractivity contribution is 6.31. The maximum atomic E-state index is 12.0. The molecule has 0 aliphatic heterocycles. The molecule has 0 aliphatic carbocycles. The van der Waals surface area contributed by atoms with Crippen LogP contribution >= 0.6 is 11.6 Å². The van der Waals surface area contributed by atoms with Crippen molar-refractivity contribution in [3.63, 3.8) is 0 Å². The van der Waals surface area contributed by atoms with Gasteiger partial charge in [0.25, 0.3) is 0 Å². The molecule has 2 N–H and O–H groups in total. The van der Waals surface area contributed by atoms with Gasteiger partial charge >= 0.3 is 0 Å². The summed E-state index contributed by atoms with van der Waals surface area (Å²) in [5, 5.41) is 7.28. The second-order valence-corrected chi connectivity index (χ2v) is 5.61. The zero-order valence-corrected chi connectivity index (χ0v) is 14.0. The Kier molecular flexibility index (Phi) is 7.60. The Labute approximate surface area is 136 Å². The predicted octanol–water partition coefficient (Wildman–Crippen LogP) is 3.66. The third kappa shape index (κ3) is 6.72. The number of hydrogen-bond donors (Lipinski definition) is 2. The van der Waals surface area contributed by atoms with Gasteiger partial charge < -0.3 is 5.32 Å². The van der Waals surface area contributed by atoms with Gasteiger partial charge in [-0.2, -0.15) is 5.10 Å². The summed E-state index contributed by atoms with van der Waals surface area (Å²) < 4.78 is 0. The maximum absolute atomic E-state index is 12.0. The summed E-state index contributed by atoms with van der Waals surface area (Å²) in [5.41, 5.74) is 4.61. The topological polar surface area (TPSA) is 70.6 Å². The molecule has 0 unspecified atom stereocenters. The molecule has 0 spiro atoms. The second kappa shape index (κ2) is 9.20. The van der Waals surface area contributed by atoms with Crippen molar-refractivity contribution < 1.29 is 9.59 Å². The van der Waals surface area contributed by atoms with E-state index in [4.69, 9.17) is 11.6 Å². The molecule has 0 fully saturated rings. The molecule has 0 aliphatic rings. The summed E-state index contributed by atoms with van der Waals surface area (Å²) in [4.78, 5) is 23.4. The van der Waals surface area contributed by atoms with Crippen molar-refractivity contribution in [2.45, 2.75) is 46.5 Å². The van der Waals surface area contributed by atoms with Crippen LogP contribution in [-0.4, -0.2) is 17.5 Å². The standard InChI is InChI=1S/C16H22ClN3O2/c1-4-5-6-15(21)20-19-12(3)9-16(22)18-14-10-13(17)8-7-11(14)2/h7-8,10H,4-6,9H2,1-3H3,(H,18,22)(H,20,21)/b19-12+. The van der Waals surface area contributed by atoms with Gasteiger partial charge in [-0.3, -0.25) is 9.59 Å². The van der Waals surface area contributed by atoms with Gasteiger partial charge in [-0.05, 0) is 38.0 Å². The van der Waals surface area contributed by atoms with E-state index < -0.39 is 0 Å². The van der Waals surface area contributed by atoms with E-state index in [1.54, 1.807) is 19.1 Å². The normalized spacial score (nSPS) is 11.2. The number of hydrogen-bond acceptors (Lipinski definition) is 3. The molecule has 120 valence electrons. The summed E-state index contributed by atoms with van der Waals surface area (Å²) in [6, 6.07) is 5.31. The van der Waals surface area contributed by atoms with E-state index in [-0.39, 0.29) is 18.2 Å². The first kappa shape index (κ1) is 18.2. The first-order valence-electron chi connectivity index (χ1n) is 7.30. The quantitative estimate of drug-likeness (QED) is 0.594. The van der Waals surface area contributed by atoms with Crippen LogP contribution in [0.15, 0.2) is 23.3 Å². The van der Waals surface area contributed by atoms with Gasteiger partial charge in [-0.1, -0.05) is 31.0 Å². The number of aryl methyl sites for hydroxylation is 1. The molecule has 0 aromatic heterocycles. The van der Waals surface area contributed by atoms with Gasteiger partial charge in [0.05, 0.1) is 6.42 Å². The van der Waals surface area contributed by atoms with E-state index >= 15 is 0 Å². The first-order chi connectivity index (χ1) is 10.4. The predicted molar refractivity (Wildman–Crippen MR) is 90.2 cm³/mol. The minimum atomic E-state index is -0.200. The third-order valence-electron chi connectivity index (χ3n) is 3.02. The van der Waals surface area contributed by atoms with Crippen LogP contribution in [0.4, 0.5) is 5.69 Å². The smallest absolute Gasteiger partial charge is 0.240 e. The van der Waals surface area contributed by atoms with Crippen LogP contribution in [0.25, 0.3) is 0 Å². The van der Waals surface area contributed by atoms with Gasteiger partial charge in [0.2, 0.25) is 11.8 Å². The molecule has 5 nitrogen and oxygen atoms in total. The lowest BCUT2D eigenvalue weighted by Crippen LogP contribution is -2.21. The molecule has 6 heteroatoms. The van der Waals surface area contributed by atoms with E-state index in [0.717, 1.165) is 18.4 Å². The van der Waals surface area contributed by atoms with Gasteiger partial charge in [-0.15, -0.1) is 0 Å². The molecule has 0 heterocycles. The average molecular weight is 324 g/mol. The SMILES string of the molecule is CCCCC(=O)N/N=C(\C)CC(=O)Nc1cc(Cl)ccc1C. The Hall–Kier alpha value is -1.88. The van der Waals surface area contributed by atoms with E-state index in [2.05, 4.69) is 15.8 Å². The fraction of sp³-hybridized carbons (Fsp3) is 0.438. The molecule has 1 aromatic carbocycles. The van der Waals surface area contributed by atoms with Crippen LogP contribution in [0.3, 0.4) is 0 Å². The monoisotopic (exact) mass is 323 g/mol. The number of carbonyl (C=O) groups excluding carboxylic acids is 2. The number of anilines is 1. The lowest BCUT2D eigenvalue weighted by molar-refractivity contribution is -0.121. The molecule has 0 saturated heterocycles. The van der Waals surface area contributed by atoms with Crippen molar-refractivity contribution in [3.05, 3.63) is 28.8 Å². The minimum absolute atomic E-state index is 0.111. The van der Waals surface area contributed by atoms with Crippen molar-refractivity contribution in [2.75, 3.05) is 5.32 Å². The Morgan fingerprint density at radius 3 is 2.68 bits per heavy atom. The number of carbonyl (C=O) groups is 2. The number of benzene rings is 1. The van der Waals surface area contributed by atoms with Crippen molar-refractivity contribution in [1.82, 2.24) is 5.43 Å². The summed E-state index contributed by atoms with van der Waals surface area (Å²) in [5.74, 6) is -0.332. The van der Waals surface area contributed by atoms with E-state index in [1.807, 2.05) is 19.9 Å². The first-order valence-corrected chi connectivity index (χ1v) is 7.68. The van der Waals surface area contributed by atoms with Crippen molar-refractivity contribution >= 4 is 34.8 Å². The van der Waals surface area contributed by atoms with Gasteiger partial charge in [0, 0.05) is 22.8 Å². The summed E-state index contributed by atoms with van der Waals surface area (Å²) in [6.07, 6.45) is 2.34. The number of rotatable bonds is 7. The highest BCUT2D eigenvalue weighted by Gasteiger charge is 2.07. The minimum Gasteiger partial charge on any atom is -0.325 e. The van der Waals surface area contributed by atoms with E-state index in [1.165, 1.54) is 0 Å². The van der Waals surface area contributed by atoms with Gasteiger partial charge in [-0.25, -0.2) is 5.43 Å². The lowest BCUT2D eigenvalue weighted by atomic mass is 10.2. The van der Waals surface area contributed by atoms with Crippen molar-refractivity contribution in [2.24, 2.45) is 5.10 Å². The Morgan fingerprint density at radius 2 is 2.00 bits per heavy atom. The molecule has 2 amide bonds. The number of nitrogens with zero attached hydrogens (tertiary/aromatic N) is 1. The number of amides is 2.